The number of carbonyl (C=O) groups is 2. The third-order valence-corrected chi connectivity index (χ3v) is 13.1. The first-order chi connectivity index (χ1) is 35.0. The summed E-state index contributed by atoms with van der Waals surface area (Å²) in [4.78, 5) is 35.6. The van der Waals surface area contributed by atoms with Gasteiger partial charge in [-0.25, -0.2) is 4.57 Å². The van der Waals surface area contributed by atoms with Crippen LogP contribution in [0.2, 0.25) is 0 Å². The lowest BCUT2D eigenvalue weighted by molar-refractivity contribution is -0.870. The highest BCUT2D eigenvalue weighted by atomic mass is 31.2. The normalized spacial score (nSPS) is 14.0. The van der Waals surface area contributed by atoms with Crippen LogP contribution >= 0.6 is 7.82 Å². The zero-order valence-electron chi connectivity index (χ0n) is 46.9. The number of carbonyl (C=O) groups excluding carboxylic acids is 2. The largest absolute Gasteiger partial charge is 0.472 e. The van der Waals surface area contributed by atoms with E-state index in [4.69, 9.17) is 18.5 Å². The monoisotopic (exact) mass is 1030 g/mol. The second-order valence-corrected chi connectivity index (χ2v) is 21.7. The maximum atomic E-state index is 12.8. The van der Waals surface area contributed by atoms with Gasteiger partial charge in [0.25, 0.3) is 0 Å². The number of phosphoric ester groups is 1. The summed E-state index contributed by atoms with van der Waals surface area (Å²) in [6.07, 6.45) is 71.9. The Hall–Kier alpha value is -3.07. The first kappa shape index (κ1) is 68.9. The van der Waals surface area contributed by atoms with Crippen molar-refractivity contribution < 1.29 is 42.1 Å². The van der Waals surface area contributed by atoms with E-state index in [0.29, 0.717) is 17.4 Å². The van der Waals surface area contributed by atoms with Gasteiger partial charge in [-0.2, -0.15) is 0 Å². The van der Waals surface area contributed by atoms with Crippen LogP contribution in [0.1, 0.15) is 232 Å². The lowest BCUT2D eigenvalue weighted by Crippen LogP contribution is -2.37. The lowest BCUT2D eigenvalue weighted by Gasteiger charge is -2.24. The Morgan fingerprint density at radius 3 is 1.19 bits per heavy atom. The van der Waals surface area contributed by atoms with Crippen molar-refractivity contribution in [2.45, 2.75) is 238 Å². The van der Waals surface area contributed by atoms with Gasteiger partial charge in [0.1, 0.15) is 19.8 Å². The van der Waals surface area contributed by atoms with Crippen molar-refractivity contribution in [2.75, 3.05) is 47.5 Å². The predicted molar refractivity (Wildman–Crippen MR) is 307 cm³/mol. The van der Waals surface area contributed by atoms with Crippen molar-refractivity contribution >= 4 is 19.8 Å². The molecule has 9 nitrogen and oxygen atoms in total. The third kappa shape index (κ3) is 56.2. The number of quaternary nitrogens is 1. The molecular formula is C62H109NO8P+. The summed E-state index contributed by atoms with van der Waals surface area (Å²) in [5, 5.41) is 0. The maximum Gasteiger partial charge on any atom is 0.472 e. The third-order valence-electron chi connectivity index (χ3n) is 12.1. The van der Waals surface area contributed by atoms with Gasteiger partial charge in [-0.15, -0.1) is 0 Å². The smallest absolute Gasteiger partial charge is 0.462 e. The van der Waals surface area contributed by atoms with Crippen LogP contribution in [-0.2, 0) is 32.7 Å². The Morgan fingerprint density at radius 2 is 0.792 bits per heavy atom. The van der Waals surface area contributed by atoms with Gasteiger partial charge in [0.05, 0.1) is 27.7 Å². The van der Waals surface area contributed by atoms with Gasteiger partial charge in [-0.3, -0.25) is 18.6 Å². The van der Waals surface area contributed by atoms with Gasteiger partial charge in [0, 0.05) is 12.8 Å². The van der Waals surface area contributed by atoms with E-state index < -0.39 is 26.5 Å². The molecule has 2 atom stereocenters. The fraction of sp³-hybridized carbons (Fsp3) is 0.710. The molecule has 0 aromatic heterocycles. The fourth-order valence-corrected chi connectivity index (χ4v) is 8.38. The van der Waals surface area contributed by atoms with Crippen LogP contribution in [0.3, 0.4) is 0 Å². The molecular weight excluding hydrogens is 918 g/mol. The molecule has 0 aliphatic heterocycles. The van der Waals surface area contributed by atoms with Crippen molar-refractivity contribution in [3.05, 3.63) is 97.2 Å². The zero-order chi connectivity index (χ0) is 52.7. The molecule has 0 spiro atoms. The topological polar surface area (TPSA) is 108 Å². The Labute approximate surface area is 443 Å². The summed E-state index contributed by atoms with van der Waals surface area (Å²) in [6.45, 7) is 4.30. The number of phosphoric acid groups is 1. The molecule has 0 fully saturated rings. The minimum absolute atomic E-state index is 0.0262. The van der Waals surface area contributed by atoms with Crippen LogP contribution in [0.4, 0.5) is 0 Å². The van der Waals surface area contributed by atoms with Crippen molar-refractivity contribution in [1.29, 1.82) is 0 Å². The molecule has 0 rings (SSSR count). The number of nitrogens with zero attached hydrogens (tertiary/aromatic N) is 1. The highest BCUT2D eigenvalue weighted by Gasteiger charge is 2.27. The van der Waals surface area contributed by atoms with Crippen molar-refractivity contribution in [3.63, 3.8) is 0 Å². The number of allylic oxidation sites excluding steroid dienone is 16. The second-order valence-electron chi connectivity index (χ2n) is 20.3. The molecule has 0 heterocycles. The minimum Gasteiger partial charge on any atom is -0.462 e. The van der Waals surface area contributed by atoms with Gasteiger partial charge >= 0.3 is 19.8 Å². The fourth-order valence-electron chi connectivity index (χ4n) is 7.64. The zero-order valence-corrected chi connectivity index (χ0v) is 47.8. The van der Waals surface area contributed by atoms with Crippen LogP contribution in [0.15, 0.2) is 97.2 Å². The van der Waals surface area contributed by atoms with Gasteiger partial charge in [0.2, 0.25) is 0 Å². The average molecular weight is 1030 g/mol. The number of esters is 2. The average Bonchev–Trinajstić information content (AvgIpc) is 3.34. The molecule has 0 aromatic rings. The quantitative estimate of drug-likeness (QED) is 0.0211. The maximum absolute atomic E-state index is 12.8. The SMILES string of the molecule is CC/C=C\C/C=C\C/C=C\C/C=C\C/C=C\C/C=C\C/C=C\CCCCCCCCCCCCCC(=O)OC(COC(=O)CCCCCCC/C=C\CCCCCCCC)COP(=O)(O)OCC[N+](C)(C)C. The Bertz CT molecular complexity index is 1540. The molecule has 72 heavy (non-hydrogen) atoms. The number of ether oxygens (including phenoxy) is 2. The van der Waals surface area contributed by atoms with Crippen molar-refractivity contribution in [1.82, 2.24) is 0 Å². The van der Waals surface area contributed by atoms with Crippen LogP contribution in [-0.4, -0.2) is 74.9 Å². The number of rotatable bonds is 52. The van der Waals surface area contributed by atoms with Gasteiger partial charge < -0.3 is 18.9 Å². The van der Waals surface area contributed by atoms with E-state index in [1.54, 1.807) is 0 Å². The molecule has 0 saturated carbocycles. The van der Waals surface area contributed by atoms with Crippen LogP contribution in [0, 0.1) is 0 Å². The number of hydrogen-bond donors (Lipinski definition) is 1. The van der Waals surface area contributed by atoms with E-state index in [-0.39, 0.29) is 32.0 Å². The van der Waals surface area contributed by atoms with Gasteiger partial charge in [-0.05, 0) is 96.3 Å². The molecule has 0 radical (unpaired) electrons. The molecule has 0 aliphatic carbocycles. The van der Waals surface area contributed by atoms with E-state index in [0.717, 1.165) is 109 Å². The number of unbranched alkanes of at least 4 members (excludes halogenated alkanes) is 22. The van der Waals surface area contributed by atoms with Gasteiger partial charge in [0.15, 0.2) is 6.10 Å². The van der Waals surface area contributed by atoms with E-state index in [1.807, 2.05) is 21.1 Å². The molecule has 0 saturated heterocycles. The van der Waals surface area contributed by atoms with Crippen LogP contribution < -0.4 is 0 Å². The van der Waals surface area contributed by atoms with E-state index in [2.05, 4.69) is 111 Å². The van der Waals surface area contributed by atoms with Crippen molar-refractivity contribution in [3.8, 4) is 0 Å². The molecule has 0 bridgehead atoms. The standard InChI is InChI=1S/C62H108NO8P/c1-6-8-10-12-14-16-18-20-22-23-24-25-26-27-28-29-30-31-32-33-34-35-36-37-38-39-41-43-45-47-49-51-53-55-62(65)71-60(59-70-72(66,67)69-57-56-63(3,4)5)58-68-61(64)54-52-50-48-46-44-42-40-21-19-17-15-13-11-9-7-2/h8,10,14,16,20-22,24-25,27-28,30-31,33-34,40,60H,6-7,9,11-13,15,17-19,23,26,29,32,35-39,41-59H2,1-5H3/p+1/b10-8-,16-14-,22-20-,25-24-,28-27-,31-30-,34-33-,40-21-. The summed E-state index contributed by atoms with van der Waals surface area (Å²) < 4.78 is 34.5. The van der Waals surface area contributed by atoms with Crippen LogP contribution in [0.25, 0.3) is 0 Å². The molecule has 1 N–H and O–H groups in total. The molecule has 414 valence electrons. The predicted octanol–water partition coefficient (Wildman–Crippen LogP) is 18.0. The van der Waals surface area contributed by atoms with E-state index in [9.17, 15) is 19.0 Å². The summed E-state index contributed by atoms with van der Waals surface area (Å²) in [5.41, 5.74) is 0. The first-order valence-electron chi connectivity index (χ1n) is 29.0. The highest BCUT2D eigenvalue weighted by molar-refractivity contribution is 7.47. The van der Waals surface area contributed by atoms with Gasteiger partial charge in [-0.1, -0.05) is 220 Å². The van der Waals surface area contributed by atoms with E-state index in [1.165, 1.54) is 89.9 Å². The molecule has 0 aliphatic rings. The number of hydrogen-bond acceptors (Lipinski definition) is 7. The van der Waals surface area contributed by atoms with Crippen LogP contribution in [0.5, 0.6) is 0 Å². The summed E-state index contributed by atoms with van der Waals surface area (Å²) >= 11 is 0. The minimum atomic E-state index is -4.39. The molecule has 0 amide bonds. The molecule has 2 unspecified atom stereocenters. The van der Waals surface area contributed by atoms with Crippen molar-refractivity contribution in [2.24, 2.45) is 0 Å². The lowest BCUT2D eigenvalue weighted by atomic mass is 10.0. The second kappa shape index (κ2) is 52.8. The molecule has 0 aromatic carbocycles. The first-order valence-corrected chi connectivity index (χ1v) is 30.5. The molecule has 10 heteroatoms. The van der Waals surface area contributed by atoms with E-state index >= 15 is 0 Å². The Morgan fingerprint density at radius 1 is 0.444 bits per heavy atom. The Kier molecular flexibility index (Phi) is 50.5. The number of likely N-dealkylation sites (N-methyl/N-ethyl adjacent to an activating group) is 1. The highest BCUT2D eigenvalue weighted by Crippen LogP contribution is 2.43. The Balaban J connectivity index is 4.14. The summed E-state index contributed by atoms with van der Waals surface area (Å²) in [7, 11) is 1.46. The summed E-state index contributed by atoms with van der Waals surface area (Å²) in [5.74, 6) is -0.812. The summed E-state index contributed by atoms with van der Waals surface area (Å²) in [6, 6.07) is 0.